The van der Waals surface area contributed by atoms with Gasteiger partial charge < -0.3 is 4.74 Å². The second kappa shape index (κ2) is 8.68. The van der Waals surface area contributed by atoms with Gasteiger partial charge in [-0.1, -0.05) is 39.0 Å². The highest BCUT2D eigenvalue weighted by molar-refractivity contribution is 5.94. The van der Waals surface area contributed by atoms with E-state index in [0.29, 0.717) is 12.4 Å². The molecule has 0 atom stereocenters. The summed E-state index contributed by atoms with van der Waals surface area (Å²) in [6.07, 6.45) is 7.18. The number of unbranched alkanes of at least 4 members (excludes halogenated alkanes) is 5. The fraction of sp³-hybridized carbons (Fsp3) is 0.562. The molecular formula is C16H23FO2. The van der Waals surface area contributed by atoms with Crippen LogP contribution in [-0.4, -0.2) is 12.4 Å². The summed E-state index contributed by atoms with van der Waals surface area (Å²) in [6, 6.07) is 4.42. The van der Waals surface area contributed by atoms with E-state index in [0.717, 1.165) is 12.8 Å². The molecule has 1 aromatic carbocycles. The minimum Gasteiger partial charge on any atom is -0.493 e. The molecule has 0 saturated carbocycles. The van der Waals surface area contributed by atoms with Gasteiger partial charge in [0.05, 0.1) is 12.2 Å². The second-order valence-corrected chi connectivity index (χ2v) is 4.81. The van der Waals surface area contributed by atoms with E-state index < -0.39 is 5.82 Å². The standard InChI is InChI=1S/C16H23FO2/c1-3-4-5-6-7-8-11-19-14-9-10-15(13(2)18)16(17)12-14/h9-10,12H,3-8,11H2,1-2H3. The summed E-state index contributed by atoms with van der Waals surface area (Å²) in [5, 5.41) is 0. The largest absolute Gasteiger partial charge is 0.493 e. The first-order valence-corrected chi connectivity index (χ1v) is 7.08. The summed E-state index contributed by atoms with van der Waals surface area (Å²) in [6.45, 7) is 4.16. The van der Waals surface area contributed by atoms with Crippen molar-refractivity contribution in [1.82, 2.24) is 0 Å². The molecule has 0 aliphatic carbocycles. The van der Waals surface area contributed by atoms with Gasteiger partial charge in [-0.3, -0.25) is 4.79 Å². The normalized spacial score (nSPS) is 10.5. The van der Waals surface area contributed by atoms with Crippen LogP contribution in [0.25, 0.3) is 0 Å². The first-order chi connectivity index (χ1) is 9.15. The van der Waals surface area contributed by atoms with E-state index in [4.69, 9.17) is 4.74 Å². The molecular weight excluding hydrogens is 243 g/mol. The molecule has 3 heteroatoms. The molecule has 1 aromatic rings. The van der Waals surface area contributed by atoms with E-state index in [9.17, 15) is 9.18 Å². The van der Waals surface area contributed by atoms with Crippen LogP contribution < -0.4 is 4.74 Å². The minimum atomic E-state index is -0.507. The van der Waals surface area contributed by atoms with Crippen molar-refractivity contribution < 1.29 is 13.9 Å². The summed E-state index contributed by atoms with van der Waals surface area (Å²) >= 11 is 0. The SMILES string of the molecule is CCCCCCCCOc1ccc(C(C)=O)c(F)c1. The highest BCUT2D eigenvalue weighted by Gasteiger charge is 2.08. The number of ether oxygens (including phenoxy) is 1. The predicted octanol–water partition coefficient (Wildman–Crippen LogP) is 4.77. The number of hydrogen-bond acceptors (Lipinski definition) is 2. The second-order valence-electron chi connectivity index (χ2n) is 4.81. The van der Waals surface area contributed by atoms with Gasteiger partial charge in [0.1, 0.15) is 11.6 Å². The van der Waals surface area contributed by atoms with Gasteiger partial charge >= 0.3 is 0 Å². The van der Waals surface area contributed by atoms with E-state index in [1.807, 2.05) is 0 Å². The molecule has 0 aromatic heterocycles. The Morgan fingerprint density at radius 3 is 2.47 bits per heavy atom. The number of carbonyl (C=O) groups is 1. The lowest BCUT2D eigenvalue weighted by molar-refractivity contribution is 0.101. The molecule has 0 N–H and O–H groups in total. The summed E-state index contributed by atoms with van der Waals surface area (Å²) < 4.78 is 19.0. The smallest absolute Gasteiger partial charge is 0.162 e. The molecule has 0 aliphatic heterocycles. The van der Waals surface area contributed by atoms with Crippen molar-refractivity contribution in [3.05, 3.63) is 29.6 Å². The molecule has 0 saturated heterocycles. The zero-order valence-corrected chi connectivity index (χ0v) is 11.9. The number of hydrogen-bond donors (Lipinski definition) is 0. The van der Waals surface area contributed by atoms with Crippen LogP contribution in [0.3, 0.4) is 0 Å². The number of rotatable bonds is 9. The monoisotopic (exact) mass is 266 g/mol. The molecule has 106 valence electrons. The average Bonchev–Trinajstić information content (AvgIpc) is 2.37. The number of Topliss-reactive ketones (excluding diaryl/α,β-unsaturated/α-hetero) is 1. The summed E-state index contributed by atoms with van der Waals surface area (Å²) in [5.74, 6) is -0.274. The van der Waals surface area contributed by atoms with Gasteiger partial charge in [0.25, 0.3) is 0 Å². The van der Waals surface area contributed by atoms with Gasteiger partial charge in [-0.2, -0.15) is 0 Å². The first kappa shape index (κ1) is 15.7. The molecule has 0 unspecified atom stereocenters. The lowest BCUT2D eigenvalue weighted by atomic mass is 10.1. The number of benzene rings is 1. The number of halogens is 1. The van der Waals surface area contributed by atoms with Crippen molar-refractivity contribution in [3.63, 3.8) is 0 Å². The maximum Gasteiger partial charge on any atom is 0.162 e. The number of ketones is 1. The topological polar surface area (TPSA) is 26.3 Å². The molecule has 0 bridgehead atoms. The van der Waals surface area contributed by atoms with Gasteiger partial charge in [-0.15, -0.1) is 0 Å². The van der Waals surface area contributed by atoms with Gasteiger partial charge in [-0.25, -0.2) is 4.39 Å². The molecule has 19 heavy (non-hydrogen) atoms. The van der Waals surface area contributed by atoms with Crippen LogP contribution in [0.1, 0.15) is 62.7 Å². The fourth-order valence-electron chi connectivity index (χ4n) is 1.94. The third-order valence-corrected chi connectivity index (χ3v) is 3.09. The Labute approximate surface area is 115 Å². The van der Waals surface area contributed by atoms with E-state index >= 15 is 0 Å². The van der Waals surface area contributed by atoms with Crippen LogP contribution in [0.2, 0.25) is 0 Å². The quantitative estimate of drug-likeness (QED) is 0.475. The van der Waals surface area contributed by atoms with Crippen LogP contribution in [0.5, 0.6) is 5.75 Å². The Morgan fingerprint density at radius 1 is 1.16 bits per heavy atom. The molecule has 0 amide bonds. The van der Waals surface area contributed by atoms with Crippen LogP contribution in [0, 0.1) is 5.82 Å². The zero-order chi connectivity index (χ0) is 14.1. The van der Waals surface area contributed by atoms with Gasteiger partial charge in [0.2, 0.25) is 0 Å². The Bertz CT molecular complexity index is 402. The van der Waals surface area contributed by atoms with Crippen molar-refractivity contribution in [2.24, 2.45) is 0 Å². The summed E-state index contributed by atoms with van der Waals surface area (Å²) in [7, 11) is 0. The van der Waals surface area contributed by atoms with Crippen LogP contribution in [-0.2, 0) is 0 Å². The fourth-order valence-corrected chi connectivity index (χ4v) is 1.94. The first-order valence-electron chi connectivity index (χ1n) is 7.08. The predicted molar refractivity (Wildman–Crippen MR) is 75.3 cm³/mol. The molecule has 0 aliphatic rings. The Kier molecular flexibility index (Phi) is 7.16. The lowest BCUT2D eigenvalue weighted by Crippen LogP contribution is -2.01. The minimum absolute atomic E-state index is 0.118. The molecule has 0 heterocycles. The van der Waals surface area contributed by atoms with Crippen LogP contribution in [0.15, 0.2) is 18.2 Å². The van der Waals surface area contributed by atoms with Gasteiger partial charge in [-0.05, 0) is 25.5 Å². The van der Waals surface area contributed by atoms with Crippen LogP contribution >= 0.6 is 0 Å². The Balaban J connectivity index is 2.26. The molecule has 0 spiro atoms. The highest BCUT2D eigenvalue weighted by atomic mass is 19.1. The molecule has 0 radical (unpaired) electrons. The third kappa shape index (κ3) is 5.86. The zero-order valence-electron chi connectivity index (χ0n) is 11.9. The van der Waals surface area contributed by atoms with Crippen molar-refractivity contribution in [2.75, 3.05) is 6.61 Å². The maximum atomic E-state index is 13.5. The maximum absolute atomic E-state index is 13.5. The van der Waals surface area contributed by atoms with Crippen molar-refractivity contribution in [3.8, 4) is 5.75 Å². The third-order valence-electron chi connectivity index (χ3n) is 3.09. The van der Waals surface area contributed by atoms with E-state index in [1.165, 1.54) is 44.7 Å². The van der Waals surface area contributed by atoms with Crippen LogP contribution in [0.4, 0.5) is 4.39 Å². The highest BCUT2D eigenvalue weighted by Crippen LogP contribution is 2.17. The number of carbonyl (C=O) groups excluding carboxylic acids is 1. The average molecular weight is 266 g/mol. The lowest BCUT2D eigenvalue weighted by Gasteiger charge is -2.07. The molecule has 0 fully saturated rings. The van der Waals surface area contributed by atoms with E-state index in [2.05, 4.69) is 6.92 Å². The van der Waals surface area contributed by atoms with Crippen molar-refractivity contribution in [2.45, 2.75) is 52.4 Å². The van der Waals surface area contributed by atoms with Crippen molar-refractivity contribution in [1.29, 1.82) is 0 Å². The summed E-state index contributed by atoms with van der Waals surface area (Å²) in [5.41, 5.74) is 0.118. The van der Waals surface area contributed by atoms with Gasteiger partial charge in [0.15, 0.2) is 5.78 Å². The Hall–Kier alpha value is -1.38. The Morgan fingerprint density at radius 2 is 1.84 bits per heavy atom. The van der Waals surface area contributed by atoms with Gasteiger partial charge in [0, 0.05) is 6.07 Å². The van der Waals surface area contributed by atoms with E-state index in [1.54, 1.807) is 6.07 Å². The molecule has 1 rings (SSSR count). The summed E-state index contributed by atoms with van der Waals surface area (Å²) in [4.78, 5) is 11.1. The molecule has 2 nitrogen and oxygen atoms in total. The van der Waals surface area contributed by atoms with Crippen molar-refractivity contribution >= 4 is 5.78 Å². The van der Waals surface area contributed by atoms with E-state index in [-0.39, 0.29) is 11.3 Å².